The lowest BCUT2D eigenvalue weighted by molar-refractivity contribution is 0.113. The molecule has 2 atom stereocenters. The van der Waals surface area contributed by atoms with E-state index in [9.17, 15) is 0 Å². The minimum atomic E-state index is -0.0677. The van der Waals surface area contributed by atoms with Gasteiger partial charge in [-0.15, -0.1) is 10.2 Å². The summed E-state index contributed by atoms with van der Waals surface area (Å²) in [6.45, 7) is 18.0. The molecule has 0 amide bonds. The lowest BCUT2D eigenvalue weighted by Crippen LogP contribution is -2.48. The maximum Gasteiger partial charge on any atom is 0.178 e. The van der Waals surface area contributed by atoms with Crippen molar-refractivity contribution in [3.8, 4) is 22.9 Å². The molecule has 10 rings (SSSR count). The van der Waals surface area contributed by atoms with Crippen LogP contribution in [0.2, 0.25) is 0 Å². The Morgan fingerprint density at radius 1 is 0.432 bits per heavy atom. The van der Waals surface area contributed by atoms with Crippen LogP contribution in [0.4, 0.5) is 0 Å². The fourth-order valence-electron chi connectivity index (χ4n) is 10.2. The Morgan fingerprint density at radius 2 is 0.784 bits per heavy atom. The molecule has 2 aromatic heterocycles. The Bertz CT molecular complexity index is 2820. The normalized spacial score (nSPS) is 15.8. The molecule has 0 bridgehead atoms. The van der Waals surface area contributed by atoms with Crippen LogP contribution in [0.1, 0.15) is 68.2 Å². The van der Waals surface area contributed by atoms with Crippen LogP contribution in [0.3, 0.4) is 0 Å². The molecule has 8 aromatic rings. The fraction of sp³-hybridized carbons (Fsp3) is 0.300. The number of tetrazole rings is 2. The van der Waals surface area contributed by atoms with Crippen molar-refractivity contribution in [1.29, 1.82) is 0 Å². The van der Waals surface area contributed by atoms with Gasteiger partial charge in [-0.2, -0.15) is 9.36 Å². The number of piperazine rings is 2. The number of methoxy groups -OCH3 is 2. The summed E-state index contributed by atoms with van der Waals surface area (Å²) in [5, 5.41) is 26.3. The molecule has 0 saturated carbocycles. The second kappa shape index (κ2) is 24.9. The molecule has 0 radical (unpaired) electrons. The zero-order valence-corrected chi connectivity index (χ0v) is 43.6. The number of hydrogen-bond donors (Lipinski definition) is 0. The van der Waals surface area contributed by atoms with Crippen LogP contribution >= 0.6 is 0 Å². The summed E-state index contributed by atoms with van der Waals surface area (Å²) in [5.74, 6) is 3.35. The number of aryl methyl sites for hydroxylation is 4. The predicted octanol–water partition coefficient (Wildman–Crippen LogP) is 9.42. The van der Waals surface area contributed by atoms with Gasteiger partial charge in [0.05, 0.1) is 37.7 Å². The van der Waals surface area contributed by atoms with E-state index in [-0.39, 0.29) is 12.1 Å². The maximum absolute atomic E-state index is 5.42. The summed E-state index contributed by atoms with van der Waals surface area (Å²) in [6, 6.07) is 49.9. The first-order valence-electron chi connectivity index (χ1n) is 25.6. The molecule has 2 aliphatic rings. The standard InChI is InChI=1S/2C30H34N6O/c2*1-23-9-7-10-24(2)28(23)36-30(31-32-33-36)29(26-14-16-27(37-3)17-15-26)35-21-19-34(20-22-35)18-8-13-25-11-5-4-6-12-25/h2*4-17,29H,18-22H2,1-3H3/b2*13-8+/t2*29-/m10/s1. The summed E-state index contributed by atoms with van der Waals surface area (Å²) >= 11 is 0. The number of aromatic nitrogens is 8. The number of hydrogen-bond acceptors (Lipinski definition) is 12. The average Bonchev–Trinajstić information content (AvgIpc) is 4.11. The first-order valence-corrected chi connectivity index (χ1v) is 25.6. The smallest absolute Gasteiger partial charge is 0.178 e. The Hall–Kier alpha value is -7.62. The van der Waals surface area contributed by atoms with Gasteiger partial charge in [-0.1, -0.05) is 146 Å². The lowest BCUT2D eigenvalue weighted by atomic mass is 10.0. The van der Waals surface area contributed by atoms with Crippen molar-refractivity contribution >= 4 is 12.2 Å². The molecule has 6 aromatic carbocycles. The van der Waals surface area contributed by atoms with E-state index < -0.39 is 0 Å². The molecule has 380 valence electrons. The van der Waals surface area contributed by atoms with Gasteiger partial charge in [0.1, 0.15) is 11.5 Å². The summed E-state index contributed by atoms with van der Waals surface area (Å²) in [6.07, 6.45) is 8.91. The van der Waals surface area contributed by atoms with E-state index in [1.807, 2.05) is 45.8 Å². The van der Waals surface area contributed by atoms with Crippen LogP contribution < -0.4 is 9.47 Å². The van der Waals surface area contributed by atoms with Gasteiger partial charge in [0, 0.05) is 65.4 Å². The molecule has 0 spiro atoms. The van der Waals surface area contributed by atoms with Gasteiger partial charge < -0.3 is 9.47 Å². The second-order valence-corrected chi connectivity index (χ2v) is 19.0. The highest BCUT2D eigenvalue weighted by Gasteiger charge is 2.33. The Labute approximate surface area is 436 Å². The largest absolute Gasteiger partial charge is 0.497 e. The molecule has 14 heteroatoms. The van der Waals surface area contributed by atoms with Crippen LogP contribution in [0.25, 0.3) is 23.5 Å². The van der Waals surface area contributed by atoms with Crippen LogP contribution in [-0.4, -0.2) is 140 Å². The number of para-hydroxylation sites is 2. The number of benzene rings is 6. The van der Waals surface area contributed by atoms with Gasteiger partial charge >= 0.3 is 0 Å². The SMILES string of the molecule is COc1ccc([C@@H](c2nnnn2-c2c(C)cccc2C)N2CCN(C/C=C/c3ccccc3)CC2)cc1.COc1ccc([C@H](c2nnnn2-c2c(C)cccc2C)N2CCN(C/C=C/c3ccccc3)CC2)cc1. The van der Waals surface area contributed by atoms with Crippen LogP contribution in [0, 0.1) is 27.7 Å². The van der Waals surface area contributed by atoms with Gasteiger partial charge in [0.15, 0.2) is 11.6 Å². The van der Waals surface area contributed by atoms with E-state index in [4.69, 9.17) is 9.47 Å². The highest BCUT2D eigenvalue weighted by molar-refractivity contribution is 5.51. The predicted molar refractivity (Wildman–Crippen MR) is 294 cm³/mol. The van der Waals surface area contributed by atoms with Crippen molar-refractivity contribution in [2.75, 3.05) is 79.7 Å². The third-order valence-electron chi connectivity index (χ3n) is 14.1. The molecule has 14 nitrogen and oxygen atoms in total. The number of nitrogens with zero attached hydrogens (tertiary/aromatic N) is 12. The van der Waals surface area contributed by atoms with E-state index in [0.717, 1.165) is 133 Å². The summed E-state index contributed by atoms with van der Waals surface area (Å²) in [4.78, 5) is 9.98. The van der Waals surface area contributed by atoms with Gasteiger partial charge in [0.2, 0.25) is 0 Å². The maximum atomic E-state index is 5.42. The van der Waals surface area contributed by atoms with Crippen molar-refractivity contribution in [2.24, 2.45) is 0 Å². The molecular formula is C60H68N12O2. The third-order valence-corrected chi connectivity index (χ3v) is 14.1. The molecule has 0 N–H and O–H groups in total. The quantitative estimate of drug-likeness (QED) is 0.0918. The van der Waals surface area contributed by atoms with Crippen molar-refractivity contribution in [3.63, 3.8) is 0 Å². The number of rotatable bonds is 16. The Kier molecular flexibility index (Phi) is 17.2. The Balaban J connectivity index is 0.000000182. The van der Waals surface area contributed by atoms with Crippen LogP contribution in [0.15, 0.2) is 158 Å². The van der Waals surface area contributed by atoms with Crippen LogP contribution in [-0.2, 0) is 0 Å². The lowest BCUT2D eigenvalue weighted by Gasteiger charge is -2.38. The molecule has 0 unspecified atom stereocenters. The van der Waals surface area contributed by atoms with E-state index in [2.05, 4.69) is 212 Å². The van der Waals surface area contributed by atoms with E-state index in [0.29, 0.717) is 0 Å². The zero-order chi connectivity index (χ0) is 51.2. The Morgan fingerprint density at radius 3 is 1.12 bits per heavy atom. The van der Waals surface area contributed by atoms with Crippen molar-refractivity contribution in [3.05, 3.63) is 214 Å². The summed E-state index contributed by atoms with van der Waals surface area (Å²) in [7, 11) is 3.39. The van der Waals surface area contributed by atoms with E-state index in [1.165, 1.54) is 11.1 Å². The summed E-state index contributed by atoms with van der Waals surface area (Å²) in [5.41, 5.74) is 11.5. The second-order valence-electron chi connectivity index (χ2n) is 19.0. The molecule has 2 aliphatic heterocycles. The molecule has 74 heavy (non-hydrogen) atoms. The summed E-state index contributed by atoms with van der Waals surface area (Å²) < 4.78 is 14.7. The highest BCUT2D eigenvalue weighted by Crippen LogP contribution is 2.34. The molecule has 2 fully saturated rings. The highest BCUT2D eigenvalue weighted by atomic mass is 16.5. The minimum absolute atomic E-state index is 0.0677. The molecular weight excluding hydrogens is 921 g/mol. The average molecular weight is 989 g/mol. The third kappa shape index (κ3) is 12.4. The molecule has 4 heterocycles. The van der Waals surface area contributed by atoms with Crippen molar-refractivity contribution in [2.45, 2.75) is 39.8 Å². The van der Waals surface area contributed by atoms with Crippen molar-refractivity contribution < 1.29 is 9.47 Å². The van der Waals surface area contributed by atoms with E-state index in [1.54, 1.807) is 14.2 Å². The topological polar surface area (TPSA) is 119 Å². The minimum Gasteiger partial charge on any atom is -0.497 e. The zero-order valence-electron chi connectivity index (χ0n) is 43.6. The van der Waals surface area contributed by atoms with Gasteiger partial charge in [-0.25, -0.2) is 0 Å². The molecule has 2 saturated heterocycles. The van der Waals surface area contributed by atoms with Gasteiger partial charge in [-0.05, 0) is 117 Å². The van der Waals surface area contributed by atoms with E-state index >= 15 is 0 Å². The van der Waals surface area contributed by atoms with Gasteiger partial charge in [0.25, 0.3) is 0 Å². The monoisotopic (exact) mass is 989 g/mol. The first-order chi connectivity index (χ1) is 36.3. The fourth-order valence-corrected chi connectivity index (χ4v) is 10.2. The van der Waals surface area contributed by atoms with Crippen molar-refractivity contribution in [1.82, 2.24) is 60.0 Å². The molecule has 0 aliphatic carbocycles. The number of ether oxygens (including phenoxy) is 2. The van der Waals surface area contributed by atoms with Gasteiger partial charge in [-0.3, -0.25) is 19.6 Å². The van der Waals surface area contributed by atoms with Crippen LogP contribution in [0.5, 0.6) is 11.5 Å². The first kappa shape index (κ1) is 51.3.